The number of hydrogen-bond donors (Lipinski definition) is 1. The third-order valence-corrected chi connectivity index (χ3v) is 2.23. The molecule has 1 aliphatic carbocycles. The fourth-order valence-corrected chi connectivity index (χ4v) is 1.54. The summed E-state index contributed by atoms with van der Waals surface area (Å²) in [6, 6.07) is 0.597. The Kier molecular flexibility index (Phi) is 3.90. The van der Waals surface area contributed by atoms with Crippen LogP contribution in [-0.4, -0.2) is 34.0 Å². The van der Waals surface area contributed by atoms with Crippen LogP contribution in [0.2, 0.25) is 0 Å². The Balaban J connectivity index is 2.09. The lowest BCUT2D eigenvalue weighted by Crippen LogP contribution is -2.31. The molecule has 1 fully saturated rings. The van der Waals surface area contributed by atoms with E-state index in [-0.39, 0.29) is 0 Å². The van der Waals surface area contributed by atoms with Gasteiger partial charge >= 0.3 is 7.62 Å². The third-order valence-electron chi connectivity index (χ3n) is 2.23. The zero-order valence-corrected chi connectivity index (χ0v) is 7.30. The Morgan fingerprint density at radius 3 is 2.73 bits per heavy atom. The number of hydrogen-bond acceptors (Lipinski definition) is 3. The number of ether oxygens (including phenoxy) is 1. The Morgan fingerprint density at radius 1 is 1.36 bits per heavy atom. The van der Waals surface area contributed by atoms with Gasteiger partial charge in [0.2, 0.25) is 0 Å². The molecule has 0 aliphatic heterocycles. The smallest absolute Gasteiger partial charge is 0.360 e. The van der Waals surface area contributed by atoms with Crippen LogP contribution in [0.4, 0.5) is 0 Å². The van der Waals surface area contributed by atoms with Crippen molar-refractivity contribution in [2.45, 2.75) is 31.4 Å². The van der Waals surface area contributed by atoms with Crippen LogP contribution in [0.25, 0.3) is 0 Å². The molecule has 1 aliphatic rings. The largest absolute Gasteiger partial charge is 0.427 e. The summed E-state index contributed by atoms with van der Waals surface area (Å²) in [5.74, 6) is 0. The molecule has 4 heteroatoms. The topological polar surface area (TPSA) is 30.5 Å². The van der Waals surface area contributed by atoms with Crippen molar-refractivity contribution in [3.63, 3.8) is 0 Å². The molecule has 0 aromatic heterocycles. The normalized spacial score (nSPS) is 30.7. The quantitative estimate of drug-likeness (QED) is 0.585. The molecule has 64 valence electrons. The molecule has 0 heterocycles. The molecule has 1 saturated carbocycles. The van der Waals surface area contributed by atoms with Gasteiger partial charge in [0.05, 0.1) is 6.10 Å². The second-order valence-corrected chi connectivity index (χ2v) is 3.00. The van der Waals surface area contributed by atoms with Gasteiger partial charge in [-0.3, -0.25) is 0 Å². The van der Waals surface area contributed by atoms with Gasteiger partial charge in [-0.25, -0.2) is 0 Å². The van der Waals surface area contributed by atoms with E-state index in [4.69, 9.17) is 9.39 Å². The van der Waals surface area contributed by atoms with Gasteiger partial charge in [0.1, 0.15) is 0 Å². The third kappa shape index (κ3) is 2.81. The van der Waals surface area contributed by atoms with Gasteiger partial charge in [0.15, 0.2) is 0 Å². The second kappa shape index (κ2) is 4.75. The Hall–Kier alpha value is -0.0551. The van der Waals surface area contributed by atoms with Crippen molar-refractivity contribution in [3.05, 3.63) is 0 Å². The summed E-state index contributed by atoms with van der Waals surface area (Å²) in [6.45, 7) is 0. The molecule has 2 atom stereocenters. The molecule has 11 heavy (non-hydrogen) atoms. The molecule has 0 saturated heterocycles. The summed E-state index contributed by atoms with van der Waals surface area (Å²) >= 11 is 0. The van der Waals surface area contributed by atoms with Gasteiger partial charge < -0.3 is 14.6 Å². The number of nitrogens with one attached hydrogen (secondary N) is 1. The standard InChI is InChI=1S/C7H16BNO2/c1-10-7-4-3-6(5-7)9-8-11-2/h6-9H,3-5H2,1-2H3/t6-,7+/m1/s1. The lowest BCUT2D eigenvalue weighted by molar-refractivity contribution is 0.107. The maximum atomic E-state index is 5.24. The van der Waals surface area contributed by atoms with Gasteiger partial charge in [-0.05, 0) is 19.3 Å². The first-order valence-electron chi connectivity index (χ1n) is 4.12. The van der Waals surface area contributed by atoms with Crippen LogP contribution in [0, 0.1) is 0 Å². The molecule has 0 spiro atoms. The average Bonchev–Trinajstić information content (AvgIpc) is 2.48. The van der Waals surface area contributed by atoms with E-state index in [2.05, 4.69) is 5.23 Å². The molecule has 0 amide bonds. The minimum absolute atomic E-state index is 0.462. The van der Waals surface area contributed by atoms with Crippen LogP contribution in [0.3, 0.4) is 0 Å². The summed E-state index contributed by atoms with van der Waals surface area (Å²) in [5, 5.41) is 3.29. The summed E-state index contributed by atoms with van der Waals surface area (Å²) in [5.41, 5.74) is 0. The van der Waals surface area contributed by atoms with Crippen molar-refractivity contribution in [2.24, 2.45) is 0 Å². The van der Waals surface area contributed by atoms with E-state index in [0.717, 1.165) is 6.42 Å². The van der Waals surface area contributed by atoms with E-state index in [1.807, 2.05) is 0 Å². The van der Waals surface area contributed by atoms with Crippen LogP contribution >= 0.6 is 0 Å². The minimum Gasteiger partial charge on any atom is -0.427 e. The monoisotopic (exact) mass is 157 g/mol. The molecule has 0 bridgehead atoms. The predicted molar refractivity (Wildman–Crippen MR) is 45.7 cm³/mol. The highest BCUT2D eigenvalue weighted by Crippen LogP contribution is 2.20. The molecule has 0 unspecified atom stereocenters. The highest BCUT2D eigenvalue weighted by Gasteiger charge is 2.23. The molecular formula is C7H16BNO2. The van der Waals surface area contributed by atoms with E-state index in [1.165, 1.54) is 12.8 Å². The SMILES string of the molecule is COBN[C@@H]1CC[C@H](OC)C1. The first-order valence-corrected chi connectivity index (χ1v) is 4.12. The molecular weight excluding hydrogens is 141 g/mol. The van der Waals surface area contributed by atoms with Crippen molar-refractivity contribution < 1.29 is 9.39 Å². The van der Waals surface area contributed by atoms with Crippen molar-refractivity contribution in [2.75, 3.05) is 14.2 Å². The van der Waals surface area contributed by atoms with Crippen LogP contribution in [0.1, 0.15) is 19.3 Å². The Bertz CT molecular complexity index is 113. The number of methoxy groups -OCH3 is 1. The Labute approximate surface area is 68.7 Å². The van der Waals surface area contributed by atoms with E-state index < -0.39 is 0 Å². The lowest BCUT2D eigenvalue weighted by Gasteiger charge is -2.10. The maximum Gasteiger partial charge on any atom is 0.360 e. The maximum absolute atomic E-state index is 5.24. The van der Waals surface area contributed by atoms with Crippen LogP contribution in [-0.2, 0) is 9.39 Å². The van der Waals surface area contributed by atoms with Crippen LogP contribution < -0.4 is 5.23 Å². The van der Waals surface area contributed by atoms with Crippen LogP contribution in [0.5, 0.6) is 0 Å². The van der Waals surface area contributed by atoms with Gasteiger partial charge in [0, 0.05) is 20.3 Å². The summed E-state index contributed by atoms with van der Waals surface area (Å²) < 4.78 is 10.2. The first-order chi connectivity index (χ1) is 5.36. The molecule has 0 radical (unpaired) electrons. The van der Waals surface area contributed by atoms with E-state index >= 15 is 0 Å². The average molecular weight is 157 g/mol. The number of rotatable bonds is 4. The fraction of sp³-hybridized carbons (Fsp3) is 1.00. The van der Waals surface area contributed by atoms with Crippen molar-refractivity contribution >= 4 is 7.62 Å². The van der Waals surface area contributed by atoms with Gasteiger partial charge in [-0.15, -0.1) is 0 Å². The second-order valence-electron chi connectivity index (χ2n) is 3.00. The van der Waals surface area contributed by atoms with E-state index in [0.29, 0.717) is 19.8 Å². The van der Waals surface area contributed by atoms with Crippen LogP contribution in [0.15, 0.2) is 0 Å². The van der Waals surface area contributed by atoms with Gasteiger partial charge in [0.25, 0.3) is 0 Å². The van der Waals surface area contributed by atoms with Gasteiger partial charge in [-0.1, -0.05) is 0 Å². The van der Waals surface area contributed by atoms with Gasteiger partial charge in [-0.2, -0.15) is 0 Å². The van der Waals surface area contributed by atoms with E-state index in [1.54, 1.807) is 14.2 Å². The van der Waals surface area contributed by atoms with Crippen molar-refractivity contribution in [3.8, 4) is 0 Å². The molecule has 1 rings (SSSR count). The summed E-state index contributed by atoms with van der Waals surface area (Å²) in [7, 11) is 4.14. The highest BCUT2D eigenvalue weighted by molar-refractivity contribution is 6.23. The summed E-state index contributed by atoms with van der Waals surface area (Å²) in [6.07, 6.45) is 3.98. The lowest BCUT2D eigenvalue weighted by atomic mass is 10.1. The van der Waals surface area contributed by atoms with E-state index in [9.17, 15) is 0 Å². The fourth-order valence-electron chi connectivity index (χ4n) is 1.54. The van der Waals surface area contributed by atoms with Crippen molar-refractivity contribution in [1.29, 1.82) is 0 Å². The zero-order chi connectivity index (χ0) is 8.10. The predicted octanol–water partition coefficient (Wildman–Crippen LogP) is 0.0564. The minimum atomic E-state index is 0.462. The Morgan fingerprint density at radius 2 is 2.18 bits per heavy atom. The zero-order valence-electron chi connectivity index (χ0n) is 7.30. The highest BCUT2D eigenvalue weighted by atomic mass is 16.5. The molecule has 0 aromatic carbocycles. The molecule has 0 aromatic rings. The summed E-state index contributed by atoms with van der Waals surface area (Å²) in [4.78, 5) is 0. The first kappa shape index (κ1) is 9.04. The van der Waals surface area contributed by atoms with Crippen molar-refractivity contribution in [1.82, 2.24) is 5.23 Å². The molecule has 1 N–H and O–H groups in total. The molecule has 3 nitrogen and oxygen atoms in total.